The Balaban J connectivity index is 2.11. The van der Waals surface area contributed by atoms with Crippen LogP contribution in [0.2, 0.25) is 0 Å². The van der Waals surface area contributed by atoms with E-state index in [2.05, 4.69) is 31.2 Å². The van der Waals surface area contributed by atoms with Gasteiger partial charge in [-0.2, -0.15) is 5.10 Å². The van der Waals surface area contributed by atoms with E-state index < -0.39 is 5.38 Å². The van der Waals surface area contributed by atoms with Gasteiger partial charge in [0.1, 0.15) is 17.7 Å². The van der Waals surface area contributed by atoms with E-state index in [-0.39, 0.29) is 29.8 Å². The van der Waals surface area contributed by atoms with Crippen LogP contribution < -0.4 is 5.32 Å². The molecule has 28 heavy (non-hydrogen) atoms. The van der Waals surface area contributed by atoms with Gasteiger partial charge in [-0.3, -0.25) is 14.3 Å². The molecule has 0 aliphatic carbocycles. The molecule has 7 heteroatoms. The Hall–Kier alpha value is -2.34. The van der Waals surface area contributed by atoms with Crippen LogP contribution in [0.3, 0.4) is 0 Å². The number of amides is 2. The van der Waals surface area contributed by atoms with E-state index >= 15 is 0 Å². The van der Waals surface area contributed by atoms with Gasteiger partial charge in [-0.25, -0.2) is 0 Å². The van der Waals surface area contributed by atoms with Crippen molar-refractivity contribution in [1.29, 1.82) is 0 Å². The molecule has 2 amide bonds. The number of carbonyl (C=O) groups excluding carboxylic acids is 2. The summed E-state index contributed by atoms with van der Waals surface area (Å²) >= 11 is 6.38. The van der Waals surface area contributed by atoms with Gasteiger partial charge in [0, 0.05) is 24.6 Å². The Labute approximate surface area is 171 Å². The predicted molar refractivity (Wildman–Crippen MR) is 112 cm³/mol. The Bertz CT molecular complexity index is 825. The number of hydrogen-bond donors (Lipinski definition) is 1. The third-order valence-electron chi connectivity index (χ3n) is 4.45. The summed E-state index contributed by atoms with van der Waals surface area (Å²) in [5.41, 5.74) is 1.47. The lowest BCUT2D eigenvalue weighted by Gasteiger charge is -2.28. The second kappa shape index (κ2) is 8.78. The zero-order chi connectivity index (χ0) is 21.1. The molecule has 0 fully saturated rings. The van der Waals surface area contributed by atoms with Crippen LogP contribution in [0, 0.1) is 0 Å². The minimum Gasteiger partial charge on any atom is -0.329 e. The van der Waals surface area contributed by atoms with Crippen LogP contribution in [0.25, 0.3) is 0 Å². The Morgan fingerprint density at radius 1 is 1.21 bits per heavy atom. The summed E-state index contributed by atoms with van der Waals surface area (Å²) in [6.45, 7) is 9.82. The zero-order valence-corrected chi connectivity index (χ0v) is 18.1. The van der Waals surface area contributed by atoms with Crippen LogP contribution in [0.1, 0.15) is 51.3 Å². The lowest BCUT2D eigenvalue weighted by atomic mass is 9.92. The van der Waals surface area contributed by atoms with Crippen molar-refractivity contribution < 1.29 is 9.59 Å². The van der Waals surface area contributed by atoms with Crippen molar-refractivity contribution >= 4 is 29.2 Å². The molecule has 1 heterocycles. The van der Waals surface area contributed by atoms with Gasteiger partial charge in [-0.1, -0.05) is 51.1 Å². The van der Waals surface area contributed by atoms with Gasteiger partial charge in [0.05, 0.1) is 5.69 Å². The molecular weight excluding hydrogens is 376 g/mol. The lowest BCUT2D eigenvalue weighted by Crippen LogP contribution is -2.44. The Morgan fingerprint density at radius 2 is 1.82 bits per heavy atom. The summed E-state index contributed by atoms with van der Waals surface area (Å²) < 4.78 is 1.63. The number of nitrogens with zero attached hydrogens (tertiary/aromatic N) is 3. The largest absolute Gasteiger partial charge is 0.329 e. The first-order chi connectivity index (χ1) is 13.0. The first kappa shape index (κ1) is 22.0. The van der Waals surface area contributed by atoms with E-state index in [4.69, 9.17) is 11.6 Å². The number of aryl methyl sites for hydroxylation is 1. The summed E-state index contributed by atoms with van der Waals surface area (Å²) in [4.78, 5) is 27.0. The highest BCUT2D eigenvalue weighted by Gasteiger charge is 2.28. The third-order valence-corrected chi connectivity index (χ3v) is 4.88. The van der Waals surface area contributed by atoms with Crippen LogP contribution in [0.4, 0.5) is 5.82 Å². The average Bonchev–Trinajstić information content (AvgIpc) is 3.00. The molecule has 1 aromatic carbocycles. The Morgan fingerprint density at radius 3 is 2.32 bits per heavy atom. The highest BCUT2D eigenvalue weighted by atomic mass is 35.5. The number of halogens is 1. The van der Waals surface area contributed by atoms with Crippen molar-refractivity contribution in [3.05, 3.63) is 47.7 Å². The van der Waals surface area contributed by atoms with Gasteiger partial charge >= 0.3 is 0 Å². The molecule has 0 saturated heterocycles. The standard InChI is InChI=1S/C21H29ClN4O2/c1-14(2)26(20(28)19(22)15-10-8-7-9-11-15)13-18(27)23-17-12-16(21(3,4)5)24-25(17)6/h7-12,14,19H,13H2,1-6H3,(H,23,27)/t19-/m1/s1. The third kappa shape index (κ3) is 5.35. The number of aromatic nitrogens is 2. The van der Waals surface area contributed by atoms with Crippen LogP contribution in [0.15, 0.2) is 36.4 Å². The van der Waals surface area contributed by atoms with Gasteiger partial charge in [0.25, 0.3) is 0 Å². The van der Waals surface area contributed by atoms with Crippen molar-refractivity contribution in [3.8, 4) is 0 Å². The lowest BCUT2D eigenvalue weighted by molar-refractivity contribution is -0.136. The summed E-state index contributed by atoms with van der Waals surface area (Å²) in [5, 5.41) is 6.47. The smallest absolute Gasteiger partial charge is 0.245 e. The zero-order valence-electron chi connectivity index (χ0n) is 17.4. The number of anilines is 1. The van der Waals surface area contributed by atoms with Crippen molar-refractivity contribution in [2.24, 2.45) is 7.05 Å². The first-order valence-corrected chi connectivity index (χ1v) is 9.78. The second-order valence-electron chi connectivity index (χ2n) is 8.17. The molecule has 2 rings (SSSR count). The minimum atomic E-state index is -0.833. The molecule has 0 saturated carbocycles. The summed E-state index contributed by atoms with van der Waals surface area (Å²) in [6, 6.07) is 10.8. The van der Waals surface area contributed by atoms with E-state index in [0.717, 1.165) is 5.69 Å². The quantitative estimate of drug-likeness (QED) is 0.743. The maximum atomic E-state index is 12.9. The fraction of sp³-hybridized carbons (Fsp3) is 0.476. The SMILES string of the molecule is CC(C)N(CC(=O)Nc1cc(C(C)(C)C)nn1C)C(=O)[C@H](Cl)c1ccccc1. The van der Waals surface area contributed by atoms with Crippen molar-refractivity contribution in [1.82, 2.24) is 14.7 Å². The molecule has 0 radical (unpaired) electrons. The molecule has 6 nitrogen and oxygen atoms in total. The summed E-state index contributed by atoms with van der Waals surface area (Å²) in [5.74, 6) is 0.0115. The number of rotatable bonds is 6. The van der Waals surface area contributed by atoms with Gasteiger partial charge in [0.2, 0.25) is 11.8 Å². The highest BCUT2D eigenvalue weighted by Crippen LogP contribution is 2.25. The van der Waals surface area contributed by atoms with Crippen LogP contribution >= 0.6 is 11.6 Å². The van der Waals surface area contributed by atoms with Crippen molar-refractivity contribution in [2.75, 3.05) is 11.9 Å². The second-order valence-corrected chi connectivity index (χ2v) is 8.61. The number of carbonyl (C=O) groups is 2. The molecule has 0 spiro atoms. The first-order valence-electron chi connectivity index (χ1n) is 9.34. The normalized spacial score (nSPS) is 12.7. The molecule has 2 aromatic rings. The van der Waals surface area contributed by atoms with Gasteiger partial charge in [0.15, 0.2) is 0 Å². The summed E-state index contributed by atoms with van der Waals surface area (Å²) in [6.07, 6.45) is 0. The van der Waals surface area contributed by atoms with E-state index in [1.165, 1.54) is 4.90 Å². The van der Waals surface area contributed by atoms with Crippen LogP contribution in [-0.4, -0.2) is 39.1 Å². The molecule has 0 aliphatic heterocycles. The molecule has 152 valence electrons. The topological polar surface area (TPSA) is 67.2 Å². The number of hydrogen-bond acceptors (Lipinski definition) is 3. The van der Waals surface area contributed by atoms with Gasteiger partial charge in [-0.15, -0.1) is 11.6 Å². The molecule has 1 N–H and O–H groups in total. The van der Waals surface area contributed by atoms with E-state index in [1.54, 1.807) is 23.9 Å². The maximum Gasteiger partial charge on any atom is 0.245 e. The number of benzene rings is 1. The van der Waals surface area contributed by atoms with Crippen LogP contribution in [-0.2, 0) is 22.1 Å². The molecule has 1 aromatic heterocycles. The molecule has 0 bridgehead atoms. The monoisotopic (exact) mass is 404 g/mol. The fourth-order valence-corrected chi connectivity index (χ4v) is 2.98. The highest BCUT2D eigenvalue weighted by molar-refractivity contribution is 6.30. The summed E-state index contributed by atoms with van der Waals surface area (Å²) in [7, 11) is 1.78. The predicted octanol–water partition coefficient (Wildman–Crippen LogP) is 3.87. The molecule has 0 unspecified atom stereocenters. The average molecular weight is 405 g/mol. The molecule has 0 aliphatic rings. The van der Waals surface area contributed by atoms with Gasteiger partial charge < -0.3 is 10.2 Å². The number of alkyl halides is 1. The van der Waals surface area contributed by atoms with Crippen LogP contribution in [0.5, 0.6) is 0 Å². The molecule has 1 atom stereocenters. The Kier molecular flexibility index (Phi) is 6.88. The fourth-order valence-electron chi connectivity index (χ4n) is 2.71. The maximum absolute atomic E-state index is 12.9. The minimum absolute atomic E-state index is 0.0808. The van der Waals surface area contributed by atoms with E-state index in [0.29, 0.717) is 11.4 Å². The van der Waals surface area contributed by atoms with Crippen molar-refractivity contribution in [3.63, 3.8) is 0 Å². The van der Waals surface area contributed by atoms with E-state index in [1.807, 2.05) is 38.1 Å². The van der Waals surface area contributed by atoms with Gasteiger partial charge in [-0.05, 0) is 19.4 Å². The van der Waals surface area contributed by atoms with E-state index in [9.17, 15) is 9.59 Å². The molecular formula is C21H29ClN4O2. The number of nitrogens with one attached hydrogen (secondary N) is 1. The van der Waals surface area contributed by atoms with Crippen molar-refractivity contribution in [2.45, 2.75) is 51.5 Å².